The van der Waals surface area contributed by atoms with Gasteiger partial charge in [-0.2, -0.15) is 0 Å². The van der Waals surface area contributed by atoms with Gasteiger partial charge in [0.05, 0.1) is 7.11 Å². The predicted octanol–water partition coefficient (Wildman–Crippen LogP) is 3.95. The molecule has 1 aliphatic heterocycles. The quantitative estimate of drug-likeness (QED) is 0.601. The van der Waals surface area contributed by atoms with Crippen molar-refractivity contribution in [3.05, 3.63) is 23.8 Å². The third-order valence-corrected chi connectivity index (χ3v) is 3.96. The molecule has 0 aromatic heterocycles. The van der Waals surface area contributed by atoms with Gasteiger partial charge in [0.1, 0.15) is 5.75 Å². The molecule has 1 amide bonds. The number of ether oxygens (including phenoxy) is 1. The monoisotopic (exact) mass is 345 g/mol. The Labute approximate surface area is 142 Å². The first-order valence-electron chi connectivity index (χ1n) is 7.40. The second-order valence-corrected chi connectivity index (χ2v) is 5.30. The molecular weight excluding hydrogens is 322 g/mol. The summed E-state index contributed by atoms with van der Waals surface area (Å²) in [5, 5.41) is -0.939. The van der Waals surface area contributed by atoms with Gasteiger partial charge in [0.25, 0.3) is 0 Å². The first kappa shape index (κ1) is 20.8. The molecule has 1 heterocycles. The molecule has 0 unspecified atom stereocenters. The number of rotatable bonds is 2. The van der Waals surface area contributed by atoms with Crippen molar-refractivity contribution in [3.63, 3.8) is 0 Å². The molecule has 0 bridgehead atoms. The largest absolute Gasteiger partial charge is 0.497 e. The smallest absolute Gasteiger partial charge is 0.310 e. The van der Waals surface area contributed by atoms with Crippen LogP contribution in [0, 0.1) is 0 Å². The molecule has 0 saturated heterocycles. The average Bonchev–Trinajstić information content (AvgIpc) is 2.79. The van der Waals surface area contributed by atoms with Gasteiger partial charge in [0.2, 0.25) is 0 Å². The molecule has 0 spiro atoms. The van der Waals surface area contributed by atoms with Gasteiger partial charge in [-0.3, -0.25) is 9.59 Å². The summed E-state index contributed by atoms with van der Waals surface area (Å²) in [6.45, 7) is 8.90. The normalized spacial score (nSPS) is 12.5. The summed E-state index contributed by atoms with van der Waals surface area (Å²) >= 11 is 6.90. The van der Waals surface area contributed by atoms with Crippen molar-refractivity contribution >= 4 is 34.5 Å². The maximum absolute atomic E-state index is 11.6. The Morgan fingerprint density at radius 2 is 1.86 bits per heavy atom. The van der Waals surface area contributed by atoms with E-state index in [9.17, 15) is 9.59 Å². The Kier molecular flexibility index (Phi) is 10.8. The minimum atomic E-state index is -0.939. The number of hydrogen-bond donors (Lipinski definition) is 0. The van der Waals surface area contributed by atoms with Crippen LogP contribution in [0.2, 0.25) is 0 Å². The van der Waals surface area contributed by atoms with Crippen molar-refractivity contribution in [2.45, 2.75) is 39.1 Å². The van der Waals surface area contributed by atoms with Gasteiger partial charge >= 0.3 is 11.1 Å². The van der Waals surface area contributed by atoms with Crippen LogP contribution in [-0.2, 0) is 16.1 Å². The molecule has 0 radical (unpaired) electrons. The van der Waals surface area contributed by atoms with E-state index in [1.54, 1.807) is 18.9 Å². The minimum absolute atomic E-state index is 0.386. The lowest BCUT2D eigenvalue weighted by Gasteiger charge is -2.18. The summed E-state index contributed by atoms with van der Waals surface area (Å²) in [6.07, 6.45) is 0. The molecule has 22 heavy (non-hydrogen) atoms. The van der Waals surface area contributed by atoms with Crippen molar-refractivity contribution in [2.24, 2.45) is 0 Å². The number of benzene rings is 1. The summed E-state index contributed by atoms with van der Waals surface area (Å²) in [4.78, 5) is 25.1. The summed E-state index contributed by atoms with van der Waals surface area (Å²) < 4.78 is 5.16. The SMILES string of the molecule is CC.CC.COc1ccc2c(c1)CN(C(=O)C(=O)Cl)CCS2. The molecule has 0 N–H and O–H groups in total. The van der Waals surface area contributed by atoms with E-state index < -0.39 is 11.1 Å². The van der Waals surface area contributed by atoms with Crippen molar-refractivity contribution in [2.75, 3.05) is 19.4 Å². The molecule has 6 heteroatoms. The highest BCUT2D eigenvalue weighted by Gasteiger charge is 2.23. The Morgan fingerprint density at radius 3 is 2.41 bits per heavy atom. The third kappa shape index (κ3) is 5.89. The van der Waals surface area contributed by atoms with Crippen molar-refractivity contribution in [3.8, 4) is 5.75 Å². The van der Waals surface area contributed by atoms with Crippen LogP contribution in [0.15, 0.2) is 23.1 Å². The van der Waals surface area contributed by atoms with Crippen molar-refractivity contribution in [1.82, 2.24) is 4.90 Å². The van der Waals surface area contributed by atoms with Crippen LogP contribution >= 0.6 is 23.4 Å². The number of halogens is 1. The first-order chi connectivity index (χ1) is 10.6. The zero-order valence-corrected chi connectivity index (χ0v) is 15.4. The lowest BCUT2D eigenvalue weighted by atomic mass is 10.2. The molecular formula is C16H24ClNO3S. The number of nitrogens with zero attached hydrogens (tertiary/aromatic N) is 1. The first-order valence-corrected chi connectivity index (χ1v) is 8.76. The zero-order valence-electron chi connectivity index (χ0n) is 13.8. The molecule has 4 nitrogen and oxygen atoms in total. The van der Waals surface area contributed by atoms with E-state index in [1.165, 1.54) is 4.90 Å². The fraction of sp³-hybridized carbons (Fsp3) is 0.500. The highest BCUT2D eigenvalue weighted by Crippen LogP contribution is 2.30. The number of fused-ring (bicyclic) bond motifs is 1. The van der Waals surface area contributed by atoms with Crippen LogP contribution in [0.4, 0.5) is 0 Å². The topological polar surface area (TPSA) is 46.6 Å². The van der Waals surface area contributed by atoms with Crippen molar-refractivity contribution in [1.29, 1.82) is 0 Å². The lowest BCUT2D eigenvalue weighted by Crippen LogP contribution is -2.35. The van der Waals surface area contributed by atoms with Gasteiger partial charge in [0, 0.05) is 23.7 Å². The number of amides is 1. The maximum Gasteiger partial charge on any atom is 0.310 e. The number of thioether (sulfide) groups is 1. The lowest BCUT2D eigenvalue weighted by molar-refractivity contribution is -0.141. The van der Waals surface area contributed by atoms with Crippen LogP contribution in [-0.4, -0.2) is 35.5 Å². The van der Waals surface area contributed by atoms with E-state index >= 15 is 0 Å². The van der Waals surface area contributed by atoms with Gasteiger partial charge in [0.15, 0.2) is 0 Å². The fourth-order valence-corrected chi connectivity index (χ4v) is 2.92. The van der Waals surface area contributed by atoms with E-state index in [2.05, 4.69) is 0 Å². The second-order valence-electron chi connectivity index (χ2n) is 3.82. The molecule has 1 aromatic rings. The van der Waals surface area contributed by atoms with E-state index in [0.29, 0.717) is 13.1 Å². The minimum Gasteiger partial charge on any atom is -0.497 e. The van der Waals surface area contributed by atoms with Gasteiger partial charge in [-0.1, -0.05) is 27.7 Å². The molecule has 2 rings (SSSR count). The number of hydrogen-bond acceptors (Lipinski definition) is 4. The van der Waals surface area contributed by atoms with Crippen molar-refractivity contribution < 1.29 is 14.3 Å². The molecule has 0 saturated carbocycles. The number of carbonyl (C=O) groups is 2. The standard InChI is InChI=1S/C12H12ClNO3S.2C2H6/c1-17-9-2-3-10-8(6-9)7-14(4-5-18-10)12(16)11(13)15;2*1-2/h2-3,6H,4-5,7H2,1H3;2*1-2H3. The highest BCUT2D eigenvalue weighted by atomic mass is 35.5. The predicted molar refractivity (Wildman–Crippen MR) is 92.7 cm³/mol. The average molecular weight is 346 g/mol. The Morgan fingerprint density at radius 1 is 1.23 bits per heavy atom. The van der Waals surface area contributed by atoms with Crippen LogP contribution in [0.1, 0.15) is 33.3 Å². The Hall–Kier alpha value is -1.20. The maximum atomic E-state index is 11.6. The molecule has 0 fully saturated rings. The molecule has 0 atom stereocenters. The fourth-order valence-electron chi connectivity index (χ4n) is 1.80. The van der Waals surface area contributed by atoms with E-state index in [-0.39, 0.29) is 0 Å². The van der Waals surface area contributed by atoms with Gasteiger partial charge in [-0.15, -0.1) is 11.8 Å². The van der Waals surface area contributed by atoms with Crippen LogP contribution < -0.4 is 4.74 Å². The van der Waals surface area contributed by atoms with Gasteiger partial charge < -0.3 is 9.64 Å². The second kappa shape index (κ2) is 11.4. The molecule has 0 aliphatic carbocycles. The Balaban J connectivity index is 0.00000102. The molecule has 1 aromatic carbocycles. The zero-order chi connectivity index (χ0) is 17.1. The number of carbonyl (C=O) groups excluding carboxylic acids is 2. The van der Waals surface area contributed by atoms with Gasteiger partial charge in [-0.25, -0.2) is 0 Å². The third-order valence-electron chi connectivity index (χ3n) is 2.70. The van der Waals surface area contributed by atoms with Gasteiger partial charge in [-0.05, 0) is 35.4 Å². The Bertz CT molecular complexity index is 494. The van der Waals surface area contributed by atoms with E-state index in [0.717, 1.165) is 22.0 Å². The van der Waals surface area contributed by atoms with Crippen LogP contribution in [0.25, 0.3) is 0 Å². The summed E-state index contributed by atoms with van der Waals surface area (Å²) in [5.41, 5.74) is 0.975. The van der Waals surface area contributed by atoms with E-state index in [4.69, 9.17) is 16.3 Å². The summed E-state index contributed by atoms with van der Waals surface area (Å²) in [7, 11) is 1.59. The van der Waals surface area contributed by atoms with E-state index in [1.807, 2.05) is 45.9 Å². The molecule has 1 aliphatic rings. The number of methoxy groups -OCH3 is 1. The van der Waals surface area contributed by atoms with Crippen LogP contribution in [0.3, 0.4) is 0 Å². The summed E-state index contributed by atoms with van der Waals surface area (Å²) in [6, 6.07) is 5.73. The summed E-state index contributed by atoms with van der Waals surface area (Å²) in [5.74, 6) is 0.837. The van der Waals surface area contributed by atoms with Crippen LogP contribution in [0.5, 0.6) is 5.75 Å². The molecule has 124 valence electrons. The highest BCUT2D eigenvalue weighted by molar-refractivity contribution is 7.99.